The summed E-state index contributed by atoms with van der Waals surface area (Å²) in [4.78, 5) is 0. The number of methoxy groups -OCH3 is 1. The summed E-state index contributed by atoms with van der Waals surface area (Å²) < 4.78 is 5.11. The second kappa shape index (κ2) is 3.86. The first-order valence-corrected chi connectivity index (χ1v) is 5.54. The van der Waals surface area contributed by atoms with E-state index < -0.39 is 5.60 Å². The minimum atomic E-state index is -0.619. The molecule has 0 heterocycles. The van der Waals surface area contributed by atoms with Crippen molar-refractivity contribution < 1.29 is 9.84 Å². The lowest BCUT2D eigenvalue weighted by atomic mass is 9.85. The predicted octanol–water partition coefficient (Wildman–Crippen LogP) is 2.70. The Labute approximate surface area is 90.9 Å². The van der Waals surface area contributed by atoms with E-state index in [2.05, 4.69) is 6.92 Å². The van der Waals surface area contributed by atoms with Crippen molar-refractivity contribution in [3.63, 3.8) is 0 Å². The monoisotopic (exact) mass is 206 g/mol. The topological polar surface area (TPSA) is 29.5 Å². The molecule has 0 amide bonds. The maximum atomic E-state index is 10.6. The molecule has 2 nitrogen and oxygen atoms in total. The summed E-state index contributed by atoms with van der Waals surface area (Å²) in [6.07, 6.45) is 3.10. The van der Waals surface area contributed by atoms with Crippen LogP contribution in [0, 0.1) is 5.92 Å². The number of ether oxygens (including phenoxy) is 1. The van der Waals surface area contributed by atoms with Crippen LogP contribution < -0.4 is 4.74 Å². The van der Waals surface area contributed by atoms with Gasteiger partial charge in [-0.05, 0) is 42.9 Å². The summed E-state index contributed by atoms with van der Waals surface area (Å²) in [6, 6.07) is 7.78. The average molecular weight is 206 g/mol. The van der Waals surface area contributed by atoms with Crippen LogP contribution in [0.1, 0.15) is 31.7 Å². The molecule has 1 aromatic rings. The van der Waals surface area contributed by atoms with Crippen molar-refractivity contribution in [3.8, 4) is 5.75 Å². The third-order valence-corrected chi connectivity index (χ3v) is 3.60. The molecule has 1 N–H and O–H groups in total. The molecule has 82 valence electrons. The molecule has 15 heavy (non-hydrogen) atoms. The smallest absolute Gasteiger partial charge is 0.118 e. The van der Waals surface area contributed by atoms with Gasteiger partial charge in [0.05, 0.1) is 12.7 Å². The fourth-order valence-corrected chi connectivity index (χ4v) is 2.47. The van der Waals surface area contributed by atoms with Gasteiger partial charge in [0.2, 0.25) is 0 Å². The van der Waals surface area contributed by atoms with Gasteiger partial charge in [0.15, 0.2) is 0 Å². The van der Waals surface area contributed by atoms with Gasteiger partial charge in [-0.3, -0.25) is 0 Å². The maximum absolute atomic E-state index is 10.6. The summed E-state index contributed by atoms with van der Waals surface area (Å²) in [7, 11) is 1.65. The molecule has 1 aromatic carbocycles. The Bertz CT molecular complexity index is 331. The first kappa shape index (κ1) is 10.5. The summed E-state index contributed by atoms with van der Waals surface area (Å²) in [6.45, 7) is 2.12. The highest BCUT2D eigenvalue weighted by Gasteiger charge is 2.39. The Hall–Kier alpha value is -1.02. The molecule has 1 fully saturated rings. The van der Waals surface area contributed by atoms with Gasteiger partial charge in [-0.1, -0.05) is 19.1 Å². The quantitative estimate of drug-likeness (QED) is 0.806. The lowest BCUT2D eigenvalue weighted by Crippen LogP contribution is -2.28. The molecule has 0 aliphatic heterocycles. The molecule has 2 heteroatoms. The molecule has 0 bridgehead atoms. The zero-order chi connectivity index (χ0) is 10.9. The van der Waals surface area contributed by atoms with Crippen LogP contribution in [0.3, 0.4) is 0 Å². The number of benzene rings is 1. The van der Waals surface area contributed by atoms with Gasteiger partial charge in [0.1, 0.15) is 5.75 Å². The standard InChI is InChI=1S/C13H18O2/c1-10-4-3-9-13(10,14)11-5-7-12(15-2)8-6-11/h5-8,10,14H,3-4,9H2,1-2H3. The number of aliphatic hydroxyl groups is 1. The van der Waals surface area contributed by atoms with Gasteiger partial charge in [0, 0.05) is 0 Å². The Morgan fingerprint density at radius 1 is 1.33 bits per heavy atom. The van der Waals surface area contributed by atoms with Crippen LogP contribution >= 0.6 is 0 Å². The zero-order valence-electron chi connectivity index (χ0n) is 9.36. The van der Waals surface area contributed by atoms with Crippen molar-refractivity contribution >= 4 is 0 Å². The van der Waals surface area contributed by atoms with E-state index in [0.717, 1.165) is 30.6 Å². The van der Waals surface area contributed by atoms with Crippen molar-refractivity contribution in [2.75, 3.05) is 7.11 Å². The summed E-state index contributed by atoms with van der Waals surface area (Å²) in [5.41, 5.74) is 0.403. The maximum Gasteiger partial charge on any atom is 0.118 e. The number of hydrogen-bond acceptors (Lipinski definition) is 2. The second-order valence-corrected chi connectivity index (χ2v) is 4.45. The molecular formula is C13H18O2. The normalized spacial score (nSPS) is 30.5. The van der Waals surface area contributed by atoms with Crippen LogP contribution in [-0.2, 0) is 5.60 Å². The highest BCUT2D eigenvalue weighted by Crippen LogP contribution is 2.43. The van der Waals surface area contributed by atoms with E-state index in [0.29, 0.717) is 5.92 Å². The van der Waals surface area contributed by atoms with Gasteiger partial charge < -0.3 is 9.84 Å². The van der Waals surface area contributed by atoms with Crippen molar-refractivity contribution in [1.82, 2.24) is 0 Å². The molecule has 0 saturated heterocycles. The van der Waals surface area contributed by atoms with Crippen LogP contribution in [0.25, 0.3) is 0 Å². The van der Waals surface area contributed by atoms with Gasteiger partial charge in [-0.15, -0.1) is 0 Å². The summed E-state index contributed by atoms with van der Waals surface area (Å²) in [5, 5.41) is 10.6. The van der Waals surface area contributed by atoms with E-state index in [1.807, 2.05) is 24.3 Å². The molecule has 1 saturated carbocycles. The minimum Gasteiger partial charge on any atom is -0.497 e. The van der Waals surface area contributed by atoms with Crippen LogP contribution in [-0.4, -0.2) is 12.2 Å². The van der Waals surface area contributed by atoms with Crippen LogP contribution in [0.2, 0.25) is 0 Å². The molecule has 1 aliphatic carbocycles. The van der Waals surface area contributed by atoms with E-state index in [9.17, 15) is 5.11 Å². The Balaban J connectivity index is 2.28. The van der Waals surface area contributed by atoms with E-state index in [-0.39, 0.29) is 0 Å². The zero-order valence-corrected chi connectivity index (χ0v) is 9.36. The average Bonchev–Trinajstić information content (AvgIpc) is 2.61. The highest BCUT2D eigenvalue weighted by atomic mass is 16.5. The largest absolute Gasteiger partial charge is 0.497 e. The number of hydrogen-bond donors (Lipinski definition) is 1. The molecule has 2 atom stereocenters. The third kappa shape index (κ3) is 1.74. The van der Waals surface area contributed by atoms with E-state index in [4.69, 9.17) is 4.74 Å². The minimum absolute atomic E-state index is 0.353. The van der Waals surface area contributed by atoms with E-state index >= 15 is 0 Å². The molecule has 2 rings (SSSR count). The van der Waals surface area contributed by atoms with Gasteiger partial charge in [-0.25, -0.2) is 0 Å². The highest BCUT2D eigenvalue weighted by molar-refractivity contribution is 5.31. The Kier molecular flexibility index (Phi) is 2.70. The Morgan fingerprint density at radius 2 is 2.00 bits per heavy atom. The number of rotatable bonds is 2. The fraction of sp³-hybridized carbons (Fsp3) is 0.538. The van der Waals surface area contributed by atoms with E-state index in [1.165, 1.54) is 0 Å². The molecule has 0 spiro atoms. The van der Waals surface area contributed by atoms with Crippen LogP contribution in [0.15, 0.2) is 24.3 Å². The van der Waals surface area contributed by atoms with Crippen molar-refractivity contribution in [2.24, 2.45) is 5.92 Å². The molecule has 1 aliphatic rings. The Morgan fingerprint density at radius 3 is 2.47 bits per heavy atom. The predicted molar refractivity (Wildman–Crippen MR) is 59.9 cm³/mol. The fourth-order valence-electron chi connectivity index (χ4n) is 2.47. The molecule has 0 radical (unpaired) electrons. The second-order valence-electron chi connectivity index (χ2n) is 4.45. The summed E-state index contributed by atoms with van der Waals surface area (Å²) in [5.74, 6) is 1.19. The van der Waals surface area contributed by atoms with Gasteiger partial charge in [-0.2, -0.15) is 0 Å². The lowest BCUT2D eigenvalue weighted by Gasteiger charge is -2.28. The van der Waals surface area contributed by atoms with Crippen molar-refractivity contribution in [3.05, 3.63) is 29.8 Å². The molecule has 0 aromatic heterocycles. The van der Waals surface area contributed by atoms with Crippen LogP contribution in [0.4, 0.5) is 0 Å². The van der Waals surface area contributed by atoms with Crippen LogP contribution in [0.5, 0.6) is 5.75 Å². The first-order chi connectivity index (χ1) is 7.16. The van der Waals surface area contributed by atoms with Gasteiger partial charge in [0.25, 0.3) is 0 Å². The molecule has 2 unspecified atom stereocenters. The van der Waals surface area contributed by atoms with Crippen molar-refractivity contribution in [2.45, 2.75) is 31.8 Å². The molecular weight excluding hydrogens is 188 g/mol. The third-order valence-electron chi connectivity index (χ3n) is 3.60. The van der Waals surface area contributed by atoms with Gasteiger partial charge >= 0.3 is 0 Å². The van der Waals surface area contributed by atoms with E-state index in [1.54, 1.807) is 7.11 Å². The SMILES string of the molecule is COc1ccc(C2(O)CCCC2C)cc1. The summed E-state index contributed by atoms with van der Waals surface area (Å²) >= 11 is 0. The lowest BCUT2D eigenvalue weighted by molar-refractivity contribution is 0.00446. The van der Waals surface area contributed by atoms with Crippen molar-refractivity contribution in [1.29, 1.82) is 0 Å². The first-order valence-electron chi connectivity index (χ1n) is 5.54.